The third-order valence-electron chi connectivity index (χ3n) is 3.02. The summed E-state index contributed by atoms with van der Waals surface area (Å²) in [7, 11) is 0. The minimum Gasteiger partial charge on any atom is -0.349 e. The van der Waals surface area contributed by atoms with E-state index in [2.05, 4.69) is 15.7 Å². The van der Waals surface area contributed by atoms with Gasteiger partial charge in [0, 0.05) is 23.8 Å². The number of halogens is 2. The van der Waals surface area contributed by atoms with E-state index < -0.39 is 0 Å². The van der Waals surface area contributed by atoms with Gasteiger partial charge in [-0.05, 0) is 37.7 Å². The summed E-state index contributed by atoms with van der Waals surface area (Å²) >= 11 is 5.95. The van der Waals surface area contributed by atoms with Gasteiger partial charge in [-0.3, -0.25) is 4.79 Å². The van der Waals surface area contributed by atoms with Gasteiger partial charge in [0.15, 0.2) is 5.69 Å². The van der Waals surface area contributed by atoms with Gasteiger partial charge in [0.1, 0.15) is 0 Å². The summed E-state index contributed by atoms with van der Waals surface area (Å²) in [5.74, 6) is -0.180. The molecule has 0 saturated heterocycles. The van der Waals surface area contributed by atoms with E-state index in [1.54, 1.807) is 29.1 Å². The molecule has 2 aromatic rings. The average molecular weight is 343 g/mol. The maximum Gasteiger partial charge on any atom is 0.271 e. The largest absolute Gasteiger partial charge is 0.349 e. The predicted molar refractivity (Wildman–Crippen MR) is 91.3 cm³/mol. The number of nitrogens with one attached hydrogen (secondary N) is 2. The Hall–Kier alpha value is -1.56. The second-order valence-corrected chi connectivity index (χ2v) is 5.23. The molecular weight excluding hydrogens is 323 g/mol. The van der Waals surface area contributed by atoms with E-state index in [-0.39, 0.29) is 24.4 Å². The van der Waals surface area contributed by atoms with Crippen molar-refractivity contribution in [3.05, 3.63) is 47.2 Å². The molecule has 2 N–H and O–H groups in total. The molecule has 22 heavy (non-hydrogen) atoms. The van der Waals surface area contributed by atoms with Gasteiger partial charge in [-0.2, -0.15) is 5.10 Å². The van der Waals surface area contributed by atoms with Crippen molar-refractivity contribution in [2.24, 2.45) is 0 Å². The molecule has 2 rings (SSSR count). The second kappa shape index (κ2) is 8.78. The summed E-state index contributed by atoms with van der Waals surface area (Å²) in [5, 5.41) is 11.0. The number of likely N-dealkylation sites (N-methyl/N-ethyl adjacent to an activating group) is 1. The van der Waals surface area contributed by atoms with Crippen molar-refractivity contribution < 1.29 is 4.79 Å². The fourth-order valence-electron chi connectivity index (χ4n) is 1.96. The molecule has 1 aromatic heterocycles. The third kappa shape index (κ3) is 5.02. The zero-order valence-corrected chi connectivity index (χ0v) is 14.1. The second-order valence-electron chi connectivity index (χ2n) is 4.79. The number of carbonyl (C=O) groups is 1. The fourth-order valence-corrected chi connectivity index (χ4v) is 2.15. The Bertz CT molecular complexity index is 615. The molecule has 0 spiro atoms. The van der Waals surface area contributed by atoms with Crippen molar-refractivity contribution in [1.82, 2.24) is 20.4 Å². The van der Waals surface area contributed by atoms with E-state index in [9.17, 15) is 4.79 Å². The van der Waals surface area contributed by atoms with Crippen molar-refractivity contribution in [2.75, 3.05) is 13.1 Å². The minimum absolute atomic E-state index is 0. The van der Waals surface area contributed by atoms with Crippen LogP contribution in [0.15, 0.2) is 36.5 Å². The Morgan fingerprint density at radius 1 is 1.41 bits per heavy atom. The number of hydrogen-bond donors (Lipinski definition) is 2. The first-order chi connectivity index (χ1) is 10.1. The number of nitrogens with zero attached hydrogens (tertiary/aromatic N) is 2. The predicted octanol–water partition coefficient (Wildman–Crippen LogP) is 2.68. The third-order valence-corrected chi connectivity index (χ3v) is 3.25. The standard InChI is InChI=1S/C15H19ClN4O.ClH/c1-3-17-11(2)10-18-15(21)14-7-8-20(19-14)13-6-4-5-12(16)9-13;/h4-9,11,17H,3,10H2,1-2H3,(H,18,21);1H/t11-;/m1./s1. The van der Waals surface area contributed by atoms with Crippen LogP contribution >= 0.6 is 24.0 Å². The van der Waals surface area contributed by atoms with Crippen LogP contribution in [0.25, 0.3) is 5.69 Å². The summed E-state index contributed by atoms with van der Waals surface area (Å²) in [4.78, 5) is 12.0. The van der Waals surface area contributed by atoms with Crippen LogP contribution in [0, 0.1) is 0 Å². The first-order valence-electron chi connectivity index (χ1n) is 6.93. The normalized spacial score (nSPS) is 11.6. The van der Waals surface area contributed by atoms with Crippen molar-refractivity contribution in [1.29, 1.82) is 0 Å². The number of aromatic nitrogens is 2. The van der Waals surface area contributed by atoms with Crippen molar-refractivity contribution >= 4 is 29.9 Å². The summed E-state index contributed by atoms with van der Waals surface area (Å²) in [5.41, 5.74) is 1.21. The molecule has 0 saturated carbocycles. The van der Waals surface area contributed by atoms with Crippen LogP contribution in [0.4, 0.5) is 0 Å². The van der Waals surface area contributed by atoms with Crippen molar-refractivity contribution in [3.63, 3.8) is 0 Å². The fraction of sp³-hybridized carbons (Fsp3) is 0.333. The van der Waals surface area contributed by atoms with Gasteiger partial charge in [0.25, 0.3) is 5.91 Å². The van der Waals surface area contributed by atoms with Crippen molar-refractivity contribution in [3.8, 4) is 5.69 Å². The molecule has 1 atom stereocenters. The minimum atomic E-state index is -0.180. The van der Waals surface area contributed by atoms with Crippen LogP contribution in [-0.2, 0) is 0 Å². The first kappa shape index (κ1) is 18.5. The monoisotopic (exact) mass is 342 g/mol. The molecule has 0 bridgehead atoms. The molecule has 0 aliphatic heterocycles. The van der Waals surface area contributed by atoms with E-state index in [4.69, 9.17) is 11.6 Å². The number of amides is 1. The maximum atomic E-state index is 12.0. The highest BCUT2D eigenvalue weighted by atomic mass is 35.5. The molecule has 0 fully saturated rings. The number of benzene rings is 1. The maximum absolute atomic E-state index is 12.0. The molecule has 0 unspecified atom stereocenters. The zero-order valence-electron chi connectivity index (χ0n) is 12.5. The van der Waals surface area contributed by atoms with E-state index >= 15 is 0 Å². The van der Waals surface area contributed by atoms with Crippen LogP contribution < -0.4 is 10.6 Å². The summed E-state index contributed by atoms with van der Waals surface area (Å²) in [6.07, 6.45) is 1.74. The highest BCUT2D eigenvalue weighted by molar-refractivity contribution is 6.30. The lowest BCUT2D eigenvalue weighted by Crippen LogP contribution is -2.38. The molecule has 1 amide bonds. The summed E-state index contributed by atoms with van der Waals surface area (Å²) in [6, 6.07) is 9.24. The lowest BCUT2D eigenvalue weighted by molar-refractivity contribution is 0.0945. The number of hydrogen-bond acceptors (Lipinski definition) is 3. The molecule has 5 nitrogen and oxygen atoms in total. The molecule has 7 heteroatoms. The van der Waals surface area contributed by atoms with Gasteiger partial charge in [-0.1, -0.05) is 24.6 Å². The summed E-state index contributed by atoms with van der Waals surface area (Å²) in [6.45, 7) is 5.50. The van der Waals surface area contributed by atoms with E-state index in [0.29, 0.717) is 17.3 Å². The van der Waals surface area contributed by atoms with Gasteiger partial charge in [0.2, 0.25) is 0 Å². The zero-order chi connectivity index (χ0) is 15.2. The SMILES string of the molecule is CCN[C@H](C)CNC(=O)c1ccn(-c2cccc(Cl)c2)n1.Cl. The van der Waals surface area contributed by atoms with Gasteiger partial charge in [-0.15, -0.1) is 12.4 Å². The molecule has 0 aliphatic carbocycles. The Labute approximate surface area is 141 Å². The quantitative estimate of drug-likeness (QED) is 0.848. The molecular formula is C15H20Cl2N4O. The van der Waals surface area contributed by atoms with E-state index in [0.717, 1.165) is 12.2 Å². The molecule has 0 radical (unpaired) electrons. The Balaban J connectivity index is 0.00000242. The molecule has 0 aliphatic rings. The topological polar surface area (TPSA) is 58.9 Å². The van der Waals surface area contributed by atoms with Gasteiger partial charge < -0.3 is 10.6 Å². The van der Waals surface area contributed by atoms with Crippen LogP contribution in [0.5, 0.6) is 0 Å². The van der Waals surface area contributed by atoms with Crippen LogP contribution in [0.1, 0.15) is 24.3 Å². The van der Waals surface area contributed by atoms with E-state index in [1.165, 1.54) is 0 Å². The number of carbonyl (C=O) groups excluding carboxylic acids is 1. The van der Waals surface area contributed by atoms with Crippen LogP contribution in [0.2, 0.25) is 5.02 Å². The number of rotatable bonds is 6. The summed E-state index contributed by atoms with van der Waals surface area (Å²) < 4.78 is 1.63. The first-order valence-corrected chi connectivity index (χ1v) is 7.31. The smallest absolute Gasteiger partial charge is 0.271 e. The lowest BCUT2D eigenvalue weighted by Gasteiger charge is -2.12. The van der Waals surface area contributed by atoms with E-state index in [1.807, 2.05) is 26.0 Å². The highest BCUT2D eigenvalue weighted by Crippen LogP contribution is 2.14. The lowest BCUT2D eigenvalue weighted by atomic mass is 10.3. The Morgan fingerprint density at radius 2 is 2.18 bits per heavy atom. The highest BCUT2D eigenvalue weighted by Gasteiger charge is 2.11. The van der Waals surface area contributed by atoms with Gasteiger partial charge >= 0.3 is 0 Å². The Kier molecular flexibility index (Phi) is 7.38. The van der Waals surface area contributed by atoms with Crippen LogP contribution in [-0.4, -0.2) is 34.8 Å². The van der Waals surface area contributed by atoms with Crippen LogP contribution in [0.3, 0.4) is 0 Å². The van der Waals surface area contributed by atoms with Crippen molar-refractivity contribution in [2.45, 2.75) is 19.9 Å². The molecule has 1 heterocycles. The average Bonchev–Trinajstić information content (AvgIpc) is 2.95. The molecule has 1 aromatic carbocycles. The van der Waals surface area contributed by atoms with Gasteiger partial charge in [-0.25, -0.2) is 4.68 Å². The molecule has 120 valence electrons. The van der Waals surface area contributed by atoms with Gasteiger partial charge in [0.05, 0.1) is 5.69 Å². The Morgan fingerprint density at radius 3 is 2.86 bits per heavy atom.